The molecule has 0 aromatic heterocycles. The van der Waals surface area contributed by atoms with Crippen LogP contribution >= 0.6 is 0 Å². The van der Waals surface area contributed by atoms with Crippen LogP contribution in [0, 0.1) is 11.8 Å². The first-order valence-electron chi connectivity index (χ1n) is 7.72. The minimum Gasteiger partial charge on any atom is -0.353 e. The van der Waals surface area contributed by atoms with Crippen molar-refractivity contribution in [3.05, 3.63) is 0 Å². The van der Waals surface area contributed by atoms with Crippen LogP contribution in [-0.4, -0.2) is 18.0 Å². The summed E-state index contributed by atoms with van der Waals surface area (Å²) in [7, 11) is 0. The van der Waals surface area contributed by atoms with Crippen LogP contribution in [0.2, 0.25) is 0 Å². The highest BCUT2D eigenvalue weighted by Gasteiger charge is 2.29. The van der Waals surface area contributed by atoms with Crippen molar-refractivity contribution < 1.29 is 4.79 Å². The Labute approximate surface area is 111 Å². The summed E-state index contributed by atoms with van der Waals surface area (Å²) in [5.41, 5.74) is 5.88. The predicted molar refractivity (Wildman–Crippen MR) is 74.1 cm³/mol. The molecule has 0 bridgehead atoms. The van der Waals surface area contributed by atoms with E-state index in [1.54, 1.807) is 0 Å². The standard InChI is InChI=1S/C15H28N2O/c1-11(12-6-4-2-3-5-7-12)17-15(18)13-8-9-14(16)10-13/h11-14H,2-10,16H2,1H3,(H,17,18)/t11-,13?,14?/m1/s1. The molecule has 3 atom stereocenters. The van der Waals surface area contributed by atoms with E-state index in [0.717, 1.165) is 19.3 Å². The van der Waals surface area contributed by atoms with Gasteiger partial charge in [0, 0.05) is 18.0 Å². The number of nitrogens with one attached hydrogen (secondary N) is 1. The lowest BCUT2D eigenvalue weighted by molar-refractivity contribution is -0.125. The zero-order valence-electron chi connectivity index (χ0n) is 11.7. The molecule has 2 aliphatic rings. The van der Waals surface area contributed by atoms with Gasteiger partial charge in [0.25, 0.3) is 0 Å². The van der Waals surface area contributed by atoms with Crippen molar-refractivity contribution in [3.63, 3.8) is 0 Å². The summed E-state index contributed by atoms with van der Waals surface area (Å²) in [5, 5.41) is 3.25. The van der Waals surface area contributed by atoms with E-state index in [1.807, 2.05) is 0 Å². The summed E-state index contributed by atoms with van der Waals surface area (Å²) in [6, 6.07) is 0.585. The highest BCUT2D eigenvalue weighted by atomic mass is 16.1. The molecule has 2 fully saturated rings. The molecule has 1 amide bonds. The average molecular weight is 252 g/mol. The van der Waals surface area contributed by atoms with Crippen LogP contribution in [0.4, 0.5) is 0 Å². The number of amides is 1. The molecule has 3 nitrogen and oxygen atoms in total. The van der Waals surface area contributed by atoms with Gasteiger partial charge in [0.05, 0.1) is 0 Å². The highest BCUT2D eigenvalue weighted by molar-refractivity contribution is 5.79. The maximum absolute atomic E-state index is 12.2. The fraction of sp³-hybridized carbons (Fsp3) is 0.933. The van der Waals surface area contributed by atoms with Gasteiger partial charge >= 0.3 is 0 Å². The zero-order chi connectivity index (χ0) is 13.0. The molecule has 18 heavy (non-hydrogen) atoms. The van der Waals surface area contributed by atoms with Gasteiger partial charge in [-0.25, -0.2) is 0 Å². The molecule has 104 valence electrons. The van der Waals surface area contributed by atoms with Gasteiger partial charge in [0.15, 0.2) is 0 Å². The Bertz CT molecular complexity index is 272. The van der Waals surface area contributed by atoms with Gasteiger partial charge < -0.3 is 11.1 Å². The molecule has 2 saturated carbocycles. The van der Waals surface area contributed by atoms with Gasteiger partial charge in [-0.1, -0.05) is 25.7 Å². The normalized spacial score (nSPS) is 31.9. The van der Waals surface area contributed by atoms with E-state index in [9.17, 15) is 4.79 Å². The Balaban J connectivity index is 1.78. The second-order valence-electron chi connectivity index (χ2n) is 6.32. The van der Waals surface area contributed by atoms with Crippen LogP contribution in [0.25, 0.3) is 0 Å². The van der Waals surface area contributed by atoms with Crippen molar-refractivity contribution in [3.8, 4) is 0 Å². The molecule has 0 aromatic rings. The third-order valence-electron chi connectivity index (χ3n) is 4.82. The Kier molecular flexibility index (Phi) is 5.04. The van der Waals surface area contributed by atoms with Crippen LogP contribution in [0.15, 0.2) is 0 Å². The van der Waals surface area contributed by atoms with Crippen LogP contribution < -0.4 is 11.1 Å². The Morgan fingerprint density at radius 2 is 1.78 bits per heavy atom. The topological polar surface area (TPSA) is 55.1 Å². The first kappa shape index (κ1) is 13.9. The van der Waals surface area contributed by atoms with Crippen molar-refractivity contribution in [2.75, 3.05) is 0 Å². The van der Waals surface area contributed by atoms with Crippen LogP contribution in [0.1, 0.15) is 64.7 Å². The van der Waals surface area contributed by atoms with E-state index in [-0.39, 0.29) is 17.9 Å². The number of nitrogens with two attached hydrogens (primary N) is 1. The van der Waals surface area contributed by atoms with Crippen molar-refractivity contribution in [2.45, 2.75) is 76.8 Å². The predicted octanol–water partition coefficient (Wildman–Crippen LogP) is 2.59. The number of hydrogen-bond donors (Lipinski definition) is 2. The smallest absolute Gasteiger partial charge is 0.223 e. The molecule has 0 aliphatic heterocycles. The van der Waals surface area contributed by atoms with E-state index in [0.29, 0.717) is 12.0 Å². The summed E-state index contributed by atoms with van der Waals surface area (Å²) in [6.07, 6.45) is 10.8. The van der Waals surface area contributed by atoms with Crippen LogP contribution in [-0.2, 0) is 4.79 Å². The van der Waals surface area contributed by atoms with Gasteiger partial charge in [0.2, 0.25) is 5.91 Å². The second-order valence-corrected chi connectivity index (χ2v) is 6.32. The second kappa shape index (κ2) is 6.55. The number of carbonyl (C=O) groups excluding carboxylic acids is 1. The van der Waals surface area contributed by atoms with Crippen LogP contribution in [0.3, 0.4) is 0 Å². The number of carbonyl (C=O) groups is 1. The van der Waals surface area contributed by atoms with E-state index >= 15 is 0 Å². The summed E-state index contributed by atoms with van der Waals surface area (Å²) >= 11 is 0. The summed E-state index contributed by atoms with van der Waals surface area (Å²) in [6.45, 7) is 2.18. The Morgan fingerprint density at radius 1 is 1.11 bits per heavy atom. The first-order valence-corrected chi connectivity index (χ1v) is 7.72. The lowest BCUT2D eigenvalue weighted by Gasteiger charge is -2.25. The molecule has 0 heterocycles. The SMILES string of the molecule is C[C@@H](NC(=O)C1CCC(N)C1)C1CCCCCC1. The van der Waals surface area contributed by atoms with Gasteiger partial charge in [-0.2, -0.15) is 0 Å². The minimum atomic E-state index is 0.174. The number of hydrogen-bond acceptors (Lipinski definition) is 2. The molecular weight excluding hydrogens is 224 g/mol. The van der Waals surface area contributed by atoms with Crippen molar-refractivity contribution in [1.29, 1.82) is 0 Å². The van der Waals surface area contributed by atoms with Gasteiger partial charge in [-0.05, 0) is 44.9 Å². The summed E-state index contributed by atoms with van der Waals surface area (Å²) in [4.78, 5) is 12.2. The van der Waals surface area contributed by atoms with Crippen molar-refractivity contribution in [2.24, 2.45) is 17.6 Å². The van der Waals surface area contributed by atoms with E-state index in [1.165, 1.54) is 38.5 Å². The summed E-state index contributed by atoms with van der Waals surface area (Å²) in [5.74, 6) is 1.11. The van der Waals surface area contributed by atoms with Gasteiger partial charge in [-0.3, -0.25) is 4.79 Å². The van der Waals surface area contributed by atoms with E-state index < -0.39 is 0 Å². The lowest BCUT2D eigenvalue weighted by atomic mass is 9.92. The molecular formula is C15H28N2O. The fourth-order valence-electron chi connectivity index (χ4n) is 3.53. The van der Waals surface area contributed by atoms with E-state index in [2.05, 4.69) is 12.2 Å². The molecule has 0 aromatic carbocycles. The number of rotatable bonds is 3. The third kappa shape index (κ3) is 3.71. The maximum atomic E-state index is 12.2. The van der Waals surface area contributed by atoms with Crippen molar-refractivity contribution >= 4 is 5.91 Å². The highest BCUT2D eigenvalue weighted by Crippen LogP contribution is 2.27. The van der Waals surface area contributed by atoms with E-state index in [4.69, 9.17) is 5.73 Å². The van der Waals surface area contributed by atoms with Crippen molar-refractivity contribution in [1.82, 2.24) is 5.32 Å². The van der Waals surface area contributed by atoms with Crippen LogP contribution in [0.5, 0.6) is 0 Å². The third-order valence-corrected chi connectivity index (χ3v) is 4.82. The molecule has 2 unspecified atom stereocenters. The van der Waals surface area contributed by atoms with Gasteiger partial charge in [-0.15, -0.1) is 0 Å². The lowest BCUT2D eigenvalue weighted by Crippen LogP contribution is -2.41. The molecule has 0 spiro atoms. The summed E-state index contributed by atoms with van der Waals surface area (Å²) < 4.78 is 0. The molecule has 3 heteroatoms. The quantitative estimate of drug-likeness (QED) is 0.759. The molecule has 2 rings (SSSR count). The Hall–Kier alpha value is -0.570. The fourth-order valence-corrected chi connectivity index (χ4v) is 3.53. The molecule has 0 saturated heterocycles. The maximum Gasteiger partial charge on any atom is 0.223 e. The molecule has 2 aliphatic carbocycles. The molecule has 0 radical (unpaired) electrons. The monoisotopic (exact) mass is 252 g/mol. The van der Waals surface area contributed by atoms with Gasteiger partial charge in [0.1, 0.15) is 0 Å². The Morgan fingerprint density at radius 3 is 2.33 bits per heavy atom. The molecule has 3 N–H and O–H groups in total. The average Bonchev–Trinajstić information content (AvgIpc) is 2.63. The zero-order valence-corrected chi connectivity index (χ0v) is 11.7. The largest absolute Gasteiger partial charge is 0.353 e. The minimum absolute atomic E-state index is 0.174. The first-order chi connectivity index (χ1) is 8.66.